The predicted octanol–water partition coefficient (Wildman–Crippen LogP) is 6.00. The van der Waals surface area contributed by atoms with Crippen LogP contribution in [0.3, 0.4) is 0 Å². The van der Waals surface area contributed by atoms with Crippen LogP contribution < -0.4 is 24.8 Å². The summed E-state index contributed by atoms with van der Waals surface area (Å²) >= 11 is 0. The summed E-state index contributed by atoms with van der Waals surface area (Å²) in [5, 5.41) is 7.21. The van der Waals surface area contributed by atoms with Crippen LogP contribution in [0, 0.1) is 6.92 Å². The van der Waals surface area contributed by atoms with Gasteiger partial charge in [0.25, 0.3) is 0 Å². The molecule has 6 nitrogen and oxygen atoms in total. The lowest BCUT2D eigenvalue weighted by Gasteiger charge is -2.30. The molecule has 0 fully saturated rings. The Bertz CT molecular complexity index is 1270. The Morgan fingerprint density at radius 3 is 2.09 bits per heavy atom. The molecule has 2 atom stereocenters. The normalized spacial score (nSPS) is 19.0. The van der Waals surface area contributed by atoms with Gasteiger partial charge in [0.05, 0.1) is 38.7 Å². The number of hydrogen-bond donors (Lipinski definition) is 2. The molecule has 0 amide bonds. The standard InChI is InChI=1S/C29H30N2O4/c1-17-9-11-18(12-10-17)19-13-23-27(24(32)14-19)28(31-22-8-6-5-7-21(22)30-23)20-15-25(33-2)29(35-4)26(16-20)34-3/h5-12,15-16,19,28,30-31H,13-14H2,1-4H3/t19-,28+/m0/s1. The van der Waals surface area contributed by atoms with Crippen molar-refractivity contribution in [1.82, 2.24) is 0 Å². The molecule has 5 rings (SSSR count). The summed E-state index contributed by atoms with van der Waals surface area (Å²) in [5.74, 6) is 1.88. The maximum atomic E-state index is 13.8. The number of fused-ring (bicyclic) bond motifs is 1. The number of carbonyl (C=O) groups is 1. The molecule has 0 radical (unpaired) electrons. The van der Waals surface area contributed by atoms with E-state index in [0.717, 1.165) is 34.6 Å². The Hall–Kier alpha value is -3.93. The molecule has 2 aliphatic rings. The molecule has 1 heterocycles. The average Bonchev–Trinajstić information content (AvgIpc) is 3.05. The van der Waals surface area contributed by atoms with Gasteiger partial charge in [-0.05, 0) is 54.7 Å². The topological polar surface area (TPSA) is 68.8 Å². The van der Waals surface area contributed by atoms with E-state index in [4.69, 9.17) is 14.2 Å². The maximum absolute atomic E-state index is 13.8. The van der Waals surface area contributed by atoms with Gasteiger partial charge < -0.3 is 24.8 Å². The van der Waals surface area contributed by atoms with Gasteiger partial charge in [-0.3, -0.25) is 4.79 Å². The minimum atomic E-state index is -0.374. The number of nitrogens with one attached hydrogen (secondary N) is 2. The first-order chi connectivity index (χ1) is 17.0. The Morgan fingerprint density at radius 2 is 1.46 bits per heavy atom. The number of ketones is 1. The quantitative estimate of drug-likeness (QED) is 0.477. The molecule has 180 valence electrons. The van der Waals surface area contributed by atoms with Gasteiger partial charge >= 0.3 is 0 Å². The van der Waals surface area contributed by atoms with Gasteiger partial charge in [-0.2, -0.15) is 0 Å². The fourth-order valence-electron chi connectivity index (χ4n) is 5.08. The van der Waals surface area contributed by atoms with E-state index < -0.39 is 0 Å². The van der Waals surface area contributed by atoms with E-state index in [-0.39, 0.29) is 17.7 Å². The molecule has 3 aromatic rings. The van der Waals surface area contributed by atoms with Crippen molar-refractivity contribution in [3.8, 4) is 17.2 Å². The van der Waals surface area contributed by atoms with Gasteiger partial charge in [-0.25, -0.2) is 0 Å². The van der Waals surface area contributed by atoms with Crippen LogP contribution in [0.2, 0.25) is 0 Å². The maximum Gasteiger partial charge on any atom is 0.203 e. The van der Waals surface area contributed by atoms with Crippen LogP contribution in [0.4, 0.5) is 11.4 Å². The summed E-state index contributed by atoms with van der Waals surface area (Å²) in [6.45, 7) is 2.08. The fraction of sp³-hybridized carbons (Fsp3) is 0.276. The summed E-state index contributed by atoms with van der Waals surface area (Å²) in [6.07, 6.45) is 1.21. The zero-order valence-corrected chi connectivity index (χ0v) is 20.5. The molecule has 35 heavy (non-hydrogen) atoms. The number of rotatable bonds is 5. The number of anilines is 2. The number of methoxy groups -OCH3 is 3. The monoisotopic (exact) mass is 470 g/mol. The highest BCUT2D eigenvalue weighted by Crippen LogP contribution is 2.47. The van der Waals surface area contributed by atoms with Crippen LogP contribution in [0.25, 0.3) is 0 Å². The lowest BCUT2D eigenvalue weighted by atomic mass is 9.78. The lowest BCUT2D eigenvalue weighted by Crippen LogP contribution is -2.27. The number of benzene rings is 3. The van der Waals surface area contributed by atoms with Gasteiger partial charge in [0.2, 0.25) is 5.75 Å². The highest BCUT2D eigenvalue weighted by molar-refractivity contribution is 6.01. The third-order valence-electron chi connectivity index (χ3n) is 6.88. The van der Waals surface area contributed by atoms with Crippen LogP contribution in [-0.2, 0) is 4.79 Å². The molecule has 0 saturated carbocycles. The van der Waals surface area contributed by atoms with Crippen LogP contribution in [-0.4, -0.2) is 27.1 Å². The number of para-hydroxylation sites is 2. The van der Waals surface area contributed by atoms with Crippen molar-refractivity contribution in [2.45, 2.75) is 31.7 Å². The van der Waals surface area contributed by atoms with Crippen molar-refractivity contribution in [3.63, 3.8) is 0 Å². The van der Waals surface area contributed by atoms with E-state index >= 15 is 0 Å². The number of aryl methyl sites for hydroxylation is 1. The molecule has 0 spiro atoms. The van der Waals surface area contributed by atoms with Gasteiger partial charge in [-0.15, -0.1) is 0 Å². The van der Waals surface area contributed by atoms with E-state index in [1.165, 1.54) is 11.1 Å². The third kappa shape index (κ3) is 4.20. The summed E-state index contributed by atoms with van der Waals surface area (Å²) < 4.78 is 16.7. The highest BCUT2D eigenvalue weighted by atomic mass is 16.5. The Morgan fingerprint density at radius 1 is 0.800 bits per heavy atom. The number of carbonyl (C=O) groups excluding carboxylic acids is 1. The van der Waals surface area contributed by atoms with E-state index in [0.29, 0.717) is 23.7 Å². The Balaban J connectivity index is 1.64. The van der Waals surface area contributed by atoms with E-state index in [1.54, 1.807) is 21.3 Å². The second-order valence-electron chi connectivity index (χ2n) is 9.04. The molecule has 1 aliphatic carbocycles. The van der Waals surface area contributed by atoms with Crippen LogP contribution in [0.5, 0.6) is 17.2 Å². The number of ether oxygens (including phenoxy) is 3. The van der Waals surface area contributed by atoms with Crippen molar-refractivity contribution >= 4 is 17.2 Å². The van der Waals surface area contributed by atoms with Gasteiger partial charge in [0, 0.05) is 17.7 Å². The minimum Gasteiger partial charge on any atom is -0.493 e. The number of hydrogen-bond acceptors (Lipinski definition) is 6. The molecule has 6 heteroatoms. The summed E-state index contributed by atoms with van der Waals surface area (Å²) in [5.41, 5.74) is 6.85. The van der Waals surface area contributed by atoms with Crippen molar-refractivity contribution in [3.05, 3.63) is 88.6 Å². The van der Waals surface area contributed by atoms with Crippen LogP contribution >= 0.6 is 0 Å². The highest BCUT2D eigenvalue weighted by Gasteiger charge is 2.36. The summed E-state index contributed by atoms with van der Waals surface area (Å²) in [7, 11) is 4.78. The molecule has 0 aromatic heterocycles. The van der Waals surface area contributed by atoms with Crippen LogP contribution in [0.1, 0.15) is 41.5 Å². The Kier molecular flexibility index (Phi) is 6.12. The molecule has 0 bridgehead atoms. The van der Waals surface area contributed by atoms with Crippen molar-refractivity contribution in [2.24, 2.45) is 0 Å². The second-order valence-corrected chi connectivity index (χ2v) is 9.04. The first-order valence-electron chi connectivity index (χ1n) is 11.8. The fourth-order valence-corrected chi connectivity index (χ4v) is 5.08. The van der Waals surface area contributed by atoms with Crippen molar-refractivity contribution < 1.29 is 19.0 Å². The SMILES string of the molecule is COc1cc([C@H]2Nc3ccccc3NC3=C2C(=O)C[C@@H](c2ccc(C)cc2)C3)cc(OC)c1OC. The first kappa shape index (κ1) is 22.8. The predicted molar refractivity (Wildman–Crippen MR) is 138 cm³/mol. The summed E-state index contributed by atoms with van der Waals surface area (Å²) in [4.78, 5) is 13.8. The molecular weight excluding hydrogens is 440 g/mol. The summed E-state index contributed by atoms with van der Waals surface area (Å²) in [6, 6.07) is 20.0. The van der Waals surface area contributed by atoms with Crippen molar-refractivity contribution in [1.29, 1.82) is 0 Å². The lowest BCUT2D eigenvalue weighted by molar-refractivity contribution is -0.116. The Labute approximate surface area is 205 Å². The van der Waals surface area contributed by atoms with E-state index in [1.807, 2.05) is 36.4 Å². The van der Waals surface area contributed by atoms with Crippen LogP contribution in [0.15, 0.2) is 71.9 Å². The third-order valence-corrected chi connectivity index (χ3v) is 6.88. The van der Waals surface area contributed by atoms with Gasteiger partial charge in [0.15, 0.2) is 17.3 Å². The number of Topliss-reactive ketones (excluding diaryl/α,β-unsaturated/α-hetero) is 1. The largest absolute Gasteiger partial charge is 0.493 e. The number of allylic oxidation sites excluding steroid dienone is 1. The average molecular weight is 471 g/mol. The van der Waals surface area contributed by atoms with E-state index in [2.05, 4.69) is 41.8 Å². The molecule has 0 unspecified atom stereocenters. The van der Waals surface area contributed by atoms with Gasteiger partial charge in [-0.1, -0.05) is 42.0 Å². The molecule has 0 saturated heterocycles. The van der Waals surface area contributed by atoms with Gasteiger partial charge in [0.1, 0.15) is 0 Å². The zero-order valence-electron chi connectivity index (χ0n) is 20.5. The van der Waals surface area contributed by atoms with Crippen molar-refractivity contribution in [2.75, 3.05) is 32.0 Å². The molecule has 2 N–H and O–H groups in total. The zero-order chi connectivity index (χ0) is 24.5. The molecule has 3 aromatic carbocycles. The van der Waals surface area contributed by atoms with E-state index in [9.17, 15) is 4.79 Å². The molecule has 1 aliphatic heterocycles. The minimum absolute atomic E-state index is 0.125. The first-order valence-corrected chi connectivity index (χ1v) is 11.8. The second kappa shape index (κ2) is 9.37. The smallest absolute Gasteiger partial charge is 0.203 e. The molecular formula is C29H30N2O4.